The molecule has 1 aromatic carbocycles. The van der Waals surface area contributed by atoms with E-state index in [9.17, 15) is 4.79 Å². The van der Waals surface area contributed by atoms with E-state index in [4.69, 9.17) is 10.5 Å². The summed E-state index contributed by atoms with van der Waals surface area (Å²) in [7, 11) is 0. The number of hydrogen-bond donors (Lipinski definition) is 1. The van der Waals surface area contributed by atoms with Gasteiger partial charge in [0, 0.05) is 0 Å². The predicted octanol–water partition coefficient (Wildman–Crippen LogP) is 0.713. The van der Waals surface area contributed by atoms with Gasteiger partial charge >= 0.3 is 102 Å². The van der Waals surface area contributed by atoms with Crippen LogP contribution in [0.3, 0.4) is 0 Å². The van der Waals surface area contributed by atoms with Crippen LogP contribution in [0, 0.1) is 0 Å². The molecule has 0 aliphatic rings. The Bertz CT molecular complexity index is 327. The van der Waals surface area contributed by atoms with Crippen molar-refractivity contribution in [1.82, 2.24) is 0 Å². The normalized spacial score (nSPS) is 12.5. The average molecular weight is 286 g/mol. The summed E-state index contributed by atoms with van der Waals surface area (Å²) < 4.78 is 6.30. The van der Waals surface area contributed by atoms with Crippen molar-refractivity contribution in [3.63, 3.8) is 0 Å². The van der Waals surface area contributed by atoms with E-state index in [0.717, 1.165) is 0 Å². The molecule has 1 atom stereocenters. The van der Waals surface area contributed by atoms with Gasteiger partial charge in [-0.05, 0) is 0 Å². The quantitative estimate of drug-likeness (QED) is 0.641. The third kappa shape index (κ3) is 4.79. The number of carbonyl (C=O) groups is 1. The van der Waals surface area contributed by atoms with Crippen molar-refractivity contribution in [3.05, 3.63) is 30.3 Å². The van der Waals surface area contributed by atoms with Crippen molar-refractivity contribution in [1.29, 1.82) is 0 Å². The topological polar surface area (TPSA) is 52.3 Å². The maximum absolute atomic E-state index is 11.4. The summed E-state index contributed by atoms with van der Waals surface area (Å²) in [6.45, 7) is 3.65. The zero-order valence-corrected chi connectivity index (χ0v) is 11.3. The molecule has 16 heavy (non-hydrogen) atoms. The summed E-state index contributed by atoms with van der Waals surface area (Å²) in [5.74, 6) is -0.298. The minimum absolute atomic E-state index is 0.0947. The van der Waals surface area contributed by atoms with Crippen LogP contribution in [0.4, 0.5) is 0 Å². The number of benzene rings is 1. The van der Waals surface area contributed by atoms with E-state index < -0.39 is 6.04 Å². The van der Waals surface area contributed by atoms with Crippen LogP contribution in [0.1, 0.15) is 13.8 Å². The van der Waals surface area contributed by atoms with Crippen LogP contribution in [0.15, 0.2) is 30.3 Å². The number of hydrogen-bond acceptors (Lipinski definition) is 3. The third-order valence-corrected chi connectivity index (χ3v) is 4.20. The van der Waals surface area contributed by atoms with Crippen LogP contribution in [-0.2, 0) is 9.53 Å². The molecule has 1 unspecified atom stereocenters. The van der Waals surface area contributed by atoms with E-state index in [2.05, 4.69) is 12.1 Å². The fourth-order valence-electron chi connectivity index (χ4n) is 1.09. The van der Waals surface area contributed by atoms with Gasteiger partial charge in [0.15, 0.2) is 0 Å². The second-order valence-electron chi connectivity index (χ2n) is 3.72. The van der Waals surface area contributed by atoms with Gasteiger partial charge in [0.25, 0.3) is 0 Å². The summed E-state index contributed by atoms with van der Waals surface area (Å²) >= 11 is 0.233. The van der Waals surface area contributed by atoms with Gasteiger partial charge < -0.3 is 0 Å². The molecule has 1 aromatic rings. The van der Waals surface area contributed by atoms with Crippen molar-refractivity contribution in [2.24, 2.45) is 5.73 Å². The second-order valence-corrected chi connectivity index (χ2v) is 6.01. The number of nitrogens with two attached hydrogens (primary N) is 1. The molecule has 0 amide bonds. The van der Waals surface area contributed by atoms with Crippen molar-refractivity contribution in [2.75, 3.05) is 0 Å². The van der Waals surface area contributed by atoms with E-state index in [1.165, 1.54) is 4.46 Å². The Balaban J connectivity index is 2.35. The van der Waals surface area contributed by atoms with Crippen molar-refractivity contribution in [2.45, 2.75) is 31.3 Å². The molecule has 0 spiro atoms. The monoisotopic (exact) mass is 287 g/mol. The van der Waals surface area contributed by atoms with Crippen LogP contribution in [-0.4, -0.2) is 33.1 Å². The molecule has 2 N–H and O–H groups in total. The molecular weight excluding hydrogens is 269 g/mol. The third-order valence-electron chi connectivity index (χ3n) is 1.83. The zero-order chi connectivity index (χ0) is 12.0. The number of carbonyl (C=O) groups excluding carboxylic acids is 1. The fraction of sp³-hybridized carbons (Fsp3) is 0.417. The van der Waals surface area contributed by atoms with Gasteiger partial charge in [-0.1, -0.05) is 0 Å². The van der Waals surface area contributed by atoms with Crippen molar-refractivity contribution in [3.8, 4) is 0 Å². The Hall–Kier alpha value is -0.831. The van der Waals surface area contributed by atoms with E-state index in [1.54, 1.807) is 0 Å². The minimum atomic E-state index is -0.498. The molecule has 88 valence electrons. The van der Waals surface area contributed by atoms with Crippen LogP contribution >= 0.6 is 0 Å². The Morgan fingerprint density at radius 3 is 2.56 bits per heavy atom. The molecule has 0 aliphatic heterocycles. The van der Waals surface area contributed by atoms with Gasteiger partial charge in [-0.15, -0.1) is 0 Å². The summed E-state index contributed by atoms with van der Waals surface area (Å²) in [6, 6.07) is 9.58. The standard InChI is InChI=1S/C12H17NO2Se/c1-9(2)15-12(14)11(13)8-16-10-6-4-3-5-7-10/h3-7,9,11H,8,13H2,1-2H3. The van der Waals surface area contributed by atoms with Gasteiger partial charge in [0.1, 0.15) is 0 Å². The number of esters is 1. The Morgan fingerprint density at radius 1 is 1.38 bits per heavy atom. The number of rotatable bonds is 5. The molecular formula is C12H17NO2Se. The van der Waals surface area contributed by atoms with E-state index in [-0.39, 0.29) is 27.0 Å². The Kier molecular flexibility index (Phi) is 5.53. The second kappa shape index (κ2) is 6.69. The molecule has 0 saturated heterocycles. The average Bonchev–Trinajstić information content (AvgIpc) is 2.26. The molecule has 0 radical (unpaired) electrons. The van der Waals surface area contributed by atoms with Gasteiger partial charge in [-0.2, -0.15) is 0 Å². The van der Waals surface area contributed by atoms with E-state index in [0.29, 0.717) is 5.32 Å². The van der Waals surface area contributed by atoms with Gasteiger partial charge in [-0.25, -0.2) is 0 Å². The molecule has 0 aliphatic carbocycles. The first kappa shape index (κ1) is 13.2. The van der Waals surface area contributed by atoms with E-state index in [1.807, 2.05) is 32.0 Å². The van der Waals surface area contributed by atoms with Gasteiger partial charge in [0.05, 0.1) is 0 Å². The van der Waals surface area contributed by atoms with E-state index >= 15 is 0 Å². The molecule has 4 heteroatoms. The first-order chi connectivity index (χ1) is 7.59. The van der Waals surface area contributed by atoms with Crippen molar-refractivity contribution >= 4 is 25.4 Å². The molecule has 1 rings (SSSR count). The first-order valence-electron chi connectivity index (χ1n) is 5.23. The molecule has 0 aromatic heterocycles. The summed E-state index contributed by atoms with van der Waals surface area (Å²) in [4.78, 5) is 11.4. The van der Waals surface area contributed by atoms with Crippen LogP contribution in [0.2, 0.25) is 5.32 Å². The Morgan fingerprint density at radius 2 is 2.00 bits per heavy atom. The molecule has 0 heterocycles. The summed E-state index contributed by atoms with van der Waals surface area (Å²) in [5.41, 5.74) is 5.75. The number of ether oxygens (including phenoxy) is 1. The fourth-order valence-corrected chi connectivity index (χ4v) is 2.89. The SMILES string of the molecule is CC(C)OC(=O)C(N)C[Se]c1ccccc1. The first-order valence-corrected chi connectivity index (χ1v) is 7.30. The summed E-state index contributed by atoms with van der Waals surface area (Å²) in [6.07, 6.45) is -0.0947. The van der Waals surface area contributed by atoms with Crippen LogP contribution < -0.4 is 10.2 Å². The van der Waals surface area contributed by atoms with Crippen molar-refractivity contribution < 1.29 is 9.53 Å². The van der Waals surface area contributed by atoms with Gasteiger partial charge in [-0.3, -0.25) is 0 Å². The Labute approximate surface area is 103 Å². The van der Waals surface area contributed by atoms with Crippen LogP contribution in [0.25, 0.3) is 0 Å². The maximum atomic E-state index is 11.4. The predicted molar refractivity (Wildman–Crippen MR) is 65.8 cm³/mol. The molecule has 0 saturated carbocycles. The van der Waals surface area contributed by atoms with Crippen LogP contribution in [0.5, 0.6) is 0 Å². The zero-order valence-electron chi connectivity index (χ0n) is 9.55. The molecule has 3 nitrogen and oxygen atoms in total. The summed E-state index contributed by atoms with van der Waals surface area (Å²) in [5, 5.41) is 0.683. The molecule has 0 bridgehead atoms. The molecule has 0 fully saturated rings. The van der Waals surface area contributed by atoms with Gasteiger partial charge in [0.2, 0.25) is 0 Å².